The number of aliphatic hydroxyl groups is 1. The van der Waals surface area contributed by atoms with Crippen LogP contribution in [0.15, 0.2) is 54.5 Å². The van der Waals surface area contributed by atoms with Gasteiger partial charge in [0.2, 0.25) is 0 Å². The monoisotopic (exact) mass is 437 g/mol. The highest BCUT2D eigenvalue weighted by molar-refractivity contribution is 5.79. The van der Waals surface area contributed by atoms with Crippen LogP contribution < -0.4 is 9.47 Å². The van der Waals surface area contributed by atoms with E-state index in [0.29, 0.717) is 24.7 Å². The quantitative estimate of drug-likeness (QED) is 0.422. The van der Waals surface area contributed by atoms with E-state index in [0.717, 1.165) is 47.6 Å². The van der Waals surface area contributed by atoms with Crippen molar-refractivity contribution < 1.29 is 19.3 Å². The molecule has 1 aromatic carbocycles. The van der Waals surface area contributed by atoms with E-state index in [4.69, 9.17) is 14.2 Å². The van der Waals surface area contributed by atoms with Crippen LogP contribution in [0.1, 0.15) is 56.6 Å². The van der Waals surface area contributed by atoms with Gasteiger partial charge in [0.05, 0.1) is 13.7 Å². The number of fused-ring (bicyclic) bond motifs is 6. The number of methoxy groups -OCH3 is 2. The summed E-state index contributed by atoms with van der Waals surface area (Å²) in [5, 5.41) is 10.2. The third-order valence-corrected chi connectivity index (χ3v) is 7.09. The lowest BCUT2D eigenvalue weighted by molar-refractivity contribution is 0.0888. The fraction of sp³-hybridized carbons (Fsp3) is 0.481. The summed E-state index contributed by atoms with van der Waals surface area (Å²) < 4.78 is 17.0. The SMILES string of the molecule is C=C(O)C1=CN2C(=CC1=C)c1cc(OC)c(OCCCOC)cc1C1CCCC(C)(C)[C@H]12. The van der Waals surface area contributed by atoms with Gasteiger partial charge in [-0.25, -0.2) is 0 Å². The van der Waals surface area contributed by atoms with Crippen molar-refractivity contribution in [3.63, 3.8) is 0 Å². The number of benzene rings is 1. The molecule has 1 fully saturated rings. The number of allylic oxidation sites excluding steroid dienone is 2. The molecule has 1 N–H and O–H groups in total. The largest absolute Gasteiger partial charge is 0.508 e. The Hall–Kier alpha value is -2.66. The molecule has 2 aliphatic heterocycles. The van der Waals surface area contributed by atoms with Gasteiger partial charge in [-0.05, 0) is 47.6 Å². The van der Waals surface area contributed by atoms with Gasteiger partial charge in [-0.3, -0.25) is 0 Å². The zero-order chi connectivity index (χ0) is 23.0. The van der Waals surface area contributed by atoms with E-state index in [2.05, 4.69) is 50.1 Å². The average molecular weight is 438 g/mol. The molecule has 5 nitrogen and oxygen atoms in total. The Kier molecular flexibility index (Phi) is 6.13. The van der Waals surface area contributed by atoms with Crippen molar-refractivity contribution in [3.05, 3.63) is 65.6 Å². The molecule has 2 heterocycles. The maximum atomic E-state index is 10.2. The van der Waals surface area contributed by atoms with E-state index < -0.39 is 0 Å². The van der Waals surface area contributed by atoms with E-state index in [1.54, 1.807) is 14.2 Å². The van der Waals surface area contributed by atoms with Crippen molar-refractivity contribution in [2.75, 3.05) is 27.4 Å². The molecule has 5 heteroatoms. The van der Waals surface area contributed by atoms with Gasteiger partial charge in [-0.2, -0.15) is 0 Å². The number of ether oxygens (including phenoxy) is 3. The van der Waals surface area contributed by atoms with Crippen LogP contribution in [0.2, 0.25) is 0 Å². The molecule has 0 radical (unpaired) electrons. The molecule has 0 aromatic heterocycles. The molecule has 0 spiro atoms. The third kappa shape index (κ3) is 3.83. The van der Waals surface area contributed by atoms with Crippen LogP contribution in [0.4, 0.5) is 0 Å². The van der Waals surface area contributed by atoms with Gasteiger partial charge in [0.1, 0.15) is 5.76 Å². The van der Waals surface area contributed by atoms with Crippen LogP contribution in [-0.2, 0) is 4.74 Å². The first-order valence-corrected chi connectivity index (χ1v) is 11.4. The van der Waals surface area contributed by atoms with Crippen LogP contribution in [-0.4, -0.2) is 43.5 Å². The fourth-order valence-electron chi connectivity index (χ4n) is 5.60. The normalized spacial score (nSPS) is 23.4. The second-order valence-corrected chi connectivity index (χ2v) is 9.67. The van der Waals surface area contributed by atoms with Crippen molar-refractivity contribution in [3.8, 4) is 11.5 Å². The Balaban J connectivity index is 1.84. The first-order valence-electron chi connectivity index (χ1n) is 11.4. The molecule has 1 aromatic rings. The Morgan fingerprint density at radius 3 is 2.69 bits per heavy atom. The van der Waals surface area contributed by atoms with Gasteiger partial charge in [-0.1, -0.05) is 33.4 Å². The highest BCUT2D eigenvalue weighted by atomic mass is 16.5. The third-order valence-electron chi connectivity index (χ3n) is 7.09. The summed E-state index contributed by atoms with van der Waals surface area (Å²) in [5.41, 5.74) is 5.11. The van der Waals surface area contributed by atoms with Crippen molar-refractivity contribution >= 4 is 5.70 Å². The predicted molar refractivity (Wildman–Crippen MR) is 128 cm³/mol. The van der Waals surface area contributed by atoms with Crippen LogP contribution in [0, 0.1) is 5.41 Å². The second kappa shape index (κ2) is 8.70. The molecular formula is C27H35NO4. The minimum absolute atomic E-state index is 0.0543. The topological polar surface area (TPSA) is 51.2 Å². The van der Waals surface area contributed by atoms with Gasteiger partial charge >= 0.3 is 0 Å². The average Bonchev–Trinajstić information content (AvgIpc) is 2.75. The number of rotatable bonds is 7. The summed E-state index contributed by atoms with van der Waals surface area (Å²) in [6.45, 7) is 13.9. The molecule has 1 aliphatic carbocycles. The Bertz CT molecular complexity index is 988. The molecular weight excluding hydrogens is 402 g/mol. The fourth-order valence-corrected chi connectivity index (χ4v) is 5.60. The minimum Gasteiger partial charge on any atom is -0.508 e. The van der Waals surface area contributed by atoms with Crippen LogP contribution in [0.3, 0.4) is 0 Å². The number of hydrogen-bond acceptors (Lipinski definition) is 5. The molecule has 0 saturated heterocycles. The summed E-state index contributed by atoms with van der Waals surface area (Å²) in [6.07, 6.45) is 8.39. The molecule has 1 saturated carbocycles. The van der Waals surface area contributed by atoms with E-state index in [9.17, 15) is 5.11 Å². The molecule has 4 rings (SSSR count). The van der Waals surface area contributed by atoms with Gasteiger partial charge in [-0.15, -0.1) is 0 Å². The lowest BCUT2D eigenvalue weighted by Gasteiger charge is -2.54. The standard InChI is InChI=1S/C27H35NO4/c1-17-13-23-21-15-24(31-6)25(32-12-8-11-30-5)14-20(21)19-9-7-10-27(3,4)26(19)28(23)16-22(17)18(2)29/h13-16,19,26,29H,1-2,7-12H2,3-6H3/t19?,26-/m0/s1. The van der Waals surface area contributed by atoms with Gasteiger partial charge in [0.25, 0.3) is 0 Å². The predicted octanol–water partition coefficient (Wildman–Crippen LogP) is 5.95. The van der Waals surface area contributed by atoms with Crippen molar-refractivity contribution in [2.24, 2.45) is 5.41 Å². The van der Waals surface area contributed by atoms with Gasteiger partial charge in [0.15, 0.2) is 11.5 Å². The van der Waals surface area contributed by atoms with Crippen LogP contribution in [0.5, 0.6) is 11.5 Å². The molecule has 172 valence electrons. The summed E-state index contributed by atoms with van der Waals surface area (Å²) in [5.74, 6) is 1.92. The molecule has 32 heavy (non-hydrogen) atoms. The lowest BCUT2D eigenvalue weighted by Crippen LogP contribution is -2.51. The van der Waals surface area contributed by atoms with E-state index in [1.807, 2.05) is 6.20 Å². The number of aliphatic hydroxyl groups excluding tert-OH is 1. The molecule has 1 unspecified atom stereocenters. The van der Waals surface area contributed by atoms with Gasteiger partial charge in [0, 0.05) is 55.1 Å². The number of nitrogens with zero attached hydrogens (tertiary/aromatic N) is 1. The lowest BCUT2D eigenvalue weighted by atomic mass is 9.62. The smallest absolute Gasteiger partial charge is 0.161 e. The van der Waals surface area contributed by atoms with Crippen LogP contribution >= 0.6 is 0 Å². The number of hydrogen-bond donors (Lipinski definition) is 1. The maximum absolute atomic E-state index is 10.2. The molecule has 0 amide bonds. The van der Waals surface area contributed by atoms with E-state index in [1.165, 1.54) is 12.0 Å². The zero-order valence-corrected chi connectivity index (χ0v) is 19.7. The zero-order valence-electron chi connectivity index (χ0n) is 19.7. The van der Waals surface area contributed by atoms with Crippen molar-refractivity contribution in [2.45, 2.75) is 51.5 Å². The maximum Gasteiger partial charge on any atom is 0.161 e. The summed E-state index contributed by atoms with van der Waals surface area (Å²) in [4.78, 5) is 2.34. The first-order chi connectivity index (χ1) is 15.3. The highest BCUT2D eigenvalue weighted by Crippen LogP contribution is 2.56. The first kappa shape index (κ1) is 22.5. The molecule has 0 bridgehead atoms. The molecule has 3 aliphatic rings. The van der Waals surface area contributed by atoms with Crippen molar-refractivity contribution in [1.29, 1.82) is 0 Å². The Morgan fingerprint density at radius 2 is 2.00 bits per heavy atom. The second-order valence-electron chi connectivity index (χ2n) is 9.67. The van der Waals surface area contributed by atoms with E-state index in [-0.39, 0.29) is 17.2 Å². The minimum atomic E-state index is 0.0543. The van der Waals surface area contributed by atoms with Crippen LogP contribution in [0.25, 0.3) is 5.70 Å². The Labute approximate surface area is 191 Å². The summed E-state index contributed by atoms with van der Waals surface area (Å²) >= 11 is 0. The summed E-state index contributed by atoms with van der Waals surface area (Å²) in [6, 6.07) is 4.55. The van der Waals surface area contributed by atoms with Gasteiger partial charge < -0.3 is 24.2 Å². The summed E-state index contributed by atoms with van der Waals surface area (Å²) in [7, 11) is 3.38. The van der Waals surface area contributed by atoms with Crippen molar-refractivity contribution in [1.82, 2.24) is 4.90 Å². The highest BCUT2D eigenvalue weighted by Gasteiger charge is 2.48. The Morgan fingerprint density at radius 1 is 1.22 bits per heavy atom. The molecule has 2 atom stereocenters. The van der Waals surface area contributed by atoms with E-state index >= 15 is 0 Å².